The molecule has 2 aromatic carbocycles. The van der Waals surface area contributed by atoms with E-state index in [4.69, 9.17) is 14.5 Å². The molecule has 0 spiro atoms. The molecule has 1 aliphatic heterocycles. The molecule has 0 bridgehead atoms. The van der Waals surface area contributed by atoms with Crippen molar-refractivity contribution in [3.05, 3.63) is 65.0 Å². The molecule has 3 aromatic rings. The second kappa shape index (κ2) is 13.6. The molecule has 15 heteroatoms. The zero-order valence-electron chi connectivity index (χ0n) is 25.7. The highest BCUT2D eigenvalue weighted by Crippen LogP contribution is 2.59. The van der Waals surface area contributed by atoms with Gasteiger partial charge in [-0.15, -0.1) is 11.3 Å². The molecule has 0 radical (unpaired) electrons. The first-order chi connectivity index (χ1) is 21.5. The van der Waals surface area contributed by atoms with Gasteiger partial charge in [-0.3, -0.25) is 23.7 Å². The van der Waals surface area contributed by atoms with Crippen LogP contribution in [0, 0.1) is 5.41 Å². The number of hydrogen-bond acceptors (Lipinski definition) is 7. The summed E-state index contributed by atoms with van der Waals surface area (Å²) >= 11 is 0.971. The van der Waals surface area contributed by atoms with Crippen molar-refractivity contribution in [1.29, 1.82) is 0 Å². The van der Waals surface area contributed by atoms with Gasteiger partial charge in [-0.25, -0.2) is 0 Å². The van der Waals surface area contributed by atoms with Gasteiger partial charge in [-0.1, -0.05) is 45.0 Å². The van der Waals surface area contributed by atoms with Crippen LogP contribution in [0.5, 0.6) is 0 Å². The van der Waals surface area contributed by atoms with Gasteiger partial charge < -0.3 is 29.6 Å². The number of likely N-dealkylation sites (tertiary alicyclic amines) is 1. The summed E-state index contributed by atoms with van der Waals surface area (Å²) in [4.78, 5) is 74.6. The molecule has 46 heavy (non-hydrogen) atoms. The second-order valence-electron chi connectivity index (χ2n) is 12.1. The Balaban J connectivity index is 1.58. The molecule has 3 amide bonds. The van der Waals surface area contributed by atoms with Crippen LogP contribution in [0.25, 0.3) is 10.1 Å². The van der Waals surface area contributed by atoms with Crippen LogP contribution >= 0.6 is 18.9 Å². The van der Waals surface area contributed by atoms with Gasteiger partial charge in [0.15, 0.2) is 0 Å². The summed E-state index contributed by atoms with van der Waals surface area (Å²) in [5.74, 6) is -1.98. The number of esters is 1. The zero-order valence-corrected chi connectivity index (χ0v) is 27.4. The molecule has 248 valence electrons. The monoisotopic (exact) mass is 679 g/mol. The Morgan fingerprint density at radius 3 is 2.39 bits per heavy atom. The van der Waals surface area contributed by atoms with Gasteiger partial charge in [0.25, 0.3) is 5.91 Å². The minimum absolute atomic E-state index is 0.0429. The van der Waals surface area contributed by atoms with Crippen molar-refractivity contribution in [2.24, 2.45) is 5.41 Å². The smallest absolute Gasteiger partial charge is 0.399 e. The second-order valence-corrected chi connectivity index (χ2v) is 14.8. The van der Waals surface area contributed by atoms with Crippen LogP contribution in [0.4, 0.5) is 14.5 Å². The molecule has 1 fully saturated rings. The summed E-state index contributed by atoms with van der Waals surface area (Å²) in [6.45, 7) is 5.60. The van der Waals surface area contributed by atoms with Crippen LogP contribution in [-0.2, 0) is 29.3 Å². The summed E-state index contributed by atoms with van der Waals surface area (Å²) in [6.07, 6.45) is 0.880. The number of carbonyl (C=O) groups excluding carboxylic acids is 4. The first kappa shape index (κ1) is 35.1. The number of methoxy groups -OCH3 is 1. The Labute approximate surface area is 268 Å². The van der Waals surface area contributed by atoms with Crippen LogP contribution in [-0.4, -0.2) is 70.7 Å². The standard InChI is InChI=1S/C31H36F2N3O8PS/c1-30(2,3)26(34-27(38)24-18-19-17-20(12-13-23(19)46-24)31(32,33)45(41,42)43)29(40)36-15-8-11-22(36)28(39)35(16-14-25(37)44-4)21-9-6-5-7-10-21/h5-7,9-10,12-13,17-18,22,26H,8,11,14-16H2,1-4H3,(H,34,38)(H2,41,42,43)/t22-,26?/m0/s1. The van der Waals surface area contributed by atoms with E-state index in [9.17, 15) is 32.5 Å². The van der Waals surface area contributed by atoms with Crippen molar-refractivity contribution in [3.8, 4) is 0 Å². The lowest BCUT2D eigenvalue weighted by Crippen LogP contribution is -2.58. The van der Waals surface area contributed by atoms with E-state index in [1.807, 2.05) is 0 Å². The lowest BCUT2D eigenvalue weighted by Gasteiger charge is -2.36. The van der Waals surface area contributed by atoms with Gasteiger partial charge in [0, 0.05) is 29.0 Å². The number of halogens is 2. The molecule has 1 aromatic heterocycles. The van der Waals surface area contributed by atoms with E-state index in [-0.39, 0.29) is 35.7 Å². The van der Waals surface area contributed by atoms with E-state index in [2.05, 4.69) is 5.32 Å². The lowest BCUT2D eigenvalue weighted by atomic mass is 9.85. The maximum Gasteiger partial charge on any atom is 0.399 e. The maximum absolute atomic E-state index is 14.3. The summed E-state index contributed by atoms with van der Waals surface area (Å²) < 4.78 is 45.1. The van der Waals surface area contributed by atoms with Crippen molar-refractivity contribution in [2.75, 3.05) is 25.1 Å². The highest BCUT2D eigenvalue weighted by molar-refractivity contribution is 7.52. The molecule has 1 unspecified atom stereocenters. The van der Waals surface area contributed by atoms with Crippen molar-refractivity contribution >= 4 is 58.4 Å². The highest BCUT2D eigenvalue weighted by atomic mass is 32.1. The molecular weight excluding hydrogens is 643 g/mol. The van der Waals surface area contributed by atoms with Crippen LogP contribution < -0.4 is 10.2 Å². The third-order valence-electron chi connectivity index (χ3n) is 7.76. The van der Waals surface area contributed by atoms with E-state index in [0.717, 1.165) is 23.5 Å². The maximum atomic E-state index is 14.3. The number of rotatable bonds is 10. The Morgan fingerprint density at radius 2 is 1.78 bits per heavy atom. The number of fused-ring (bicyclic) bond motifs is 1. The van der Waals surface area contributed by atoms with Crippen molar-refractivity contribution in [1.82, 2.24) is 10.2 Å². The quantitative estimate of drug-likeness (QED) is 0.203. The fourth-order valence-electron chi connectivity index (χ4n) is 5.27. The number of alkyl halides is 2. The van der Waals surface area contributed by atoms with Gasteiger partial charge in [0.2, 0.25) is 11.8 Å². The van der Waals surface area contributed by atoms with E-state index >= 15 is 0 Å². The highest BCUT2D eigenvalue weighted by Gasteiger charge is 2.50. The number of nitrogens with zero attached hydrogens (tertiary/aromatic N) is 2. The topological polar surface area (TPSA) is 154 Å². The Morgan fingerprint density at radius 1 is 1.11 bits per heavy atom. The Bertz CT molecular complexity index is 1670. The van der Waals surface area contributed by atoms with Gasteiger partial charge in [0.1, 0.15) is 12.1 Å². The van der Waals surface area contributed by atoms with E-state index in [0.29, 0.717) is 23.2 Å². The molecule has 2 heterocycles. The summed E-state index contributed by atoms with van der Waals surface area (Å²) in [7, 11) is -4.53. The third kappa shape index (κ3) is 7.46. The van der Waals surface area contributed by atoms with E-state index < -0.39 is 54.1 Å². The normalized spacial score (nSPS) is 16.3. The fraction of sp³-hybridized carbons (Fsp3) is 0.419. The van der Waals surface area contributed by atoms with Gasteiger partial charge in [0.05, 0.1) is 18.4 Å². The SMILES string of the molecule is COC(=O)CCN(C(=O)[C@@H]1CCCN1C(=O)C(NC(=O)c1cc2cc(C(F)(F)P(=O)(O)O)ccc2s1)C(C)(C)C)c1ccccc1. The molecular formula is C31H36F2N3O8PS. The first-order valence-electron chi connectivity index (χ1n) is 14.5. The predicted molar refractivity (Wildman–Crippen MR) is 169 cm³/mol. The number of thiophene rings is 1. The minimum atomic E-state index is -5.79. The molecule has 4 rings (SSSR count). The lowest BCUT2D eigenvalue weighted by molar-refractivity contribution is -0.142. The first-order valence-corrected chi connectivity index (χ1v) is 16.9. The molecule has 0 aliphatic carbocycles. The molecule has 2 atom stereocenters. The van der Waals surface area contributed by atoms with E-state index in [1.165, 1.54) is 29.0 Å². The van der Waals surface area contributed by atoms with Gasteiger partial charge in [-0.05, 0) is 54.0 Å². The number of hydrogen-bond donors (Lipinski definition) is 3. The molecule has 1 saturated heterocycles. The average molecular weight is 680 g/mol. The predicted octanol–water partition coefficient (Wildman–Crippen LogP) is 4.86. The number of ether oxygens (including phenoxy) is 1. The van der Waals surface area contributed by atoms with Gasteiger partial charge in [-0.2, -0.15) is 8.78 Å². The minimum Gasteiger partial charge on any atom is -0.469 e. The van der Waals surface area contributed by atoms with Crippen molar-refractivity contribution in [3.63, 3.8) is 0 Å². The van der Waals surface area contributed by atoms with Crippen LogP contribution in [0.2, 0.25) is 0 Å². The number of nitrogens with one attached hydrogen (secondary N) is 1. The summed E-state index contributed by atoms with van der Waals surface area (Å²) in [5, 5.41) is 2.95. The fourth-order valence-corrected chi connectivity index (χ4v) is 6.70. The van der Waals surface area contributed by atoms with E-state index in [1.54, 1.807) is 51.1 Å². The Kier molecular flexibility index (Phi) is 10.4. The zero-order chi connectivity index (χ0) is 34.0. The number of carbonyl (C=O) groups is 4. The Hall–Kier alpha value is -3.71. The summed E-state index contributed by atoms with van der Waals surface area (Å²) in [6, 6.07) is 11.2. The van der Waals surface area contributed by atoms with Crippen LogP contribution in [0.3, 0.4) is 0 Å². The number of benzene rings is 2. The average Bonchev–Trinajstić information content (AvgIpc) is 3.66. The molecule has 0 saturated carbocycles. The van der Waals surface area contributed by atoms with Crippen LogP contribution in [0.1, 0.15) is 55.3 Å². The summed E-state index contributed by atoms with van der Waals surface area (Å²) in [5.41, 5.74) is -5.54. The van der Waals surface area contributed by atoms with Crippen LogP contribution in [0.15, 0.2) is 54.6 Å². The van der Waals surface area contributed by atoms with Crippen molar-refractivity contribution < 1.29 is 47.0 Å². The third-order valence-corrected chi connectivity index (χ3v) is 9.87. The van der Waals surface area contributed by atoms with Crippen molar-refractivity contribution in [2.45, 2.75) is 57.8 Å². The number of amides is 3. The molecule has 1 aliphatic rings. The van der Waals surface area contributed by atoms with Gasteiger partial charge >= 0.3 is 19.2 Å². The number of anilines is 1. The largest absolute Gasteiger partial charge is 0.469 e. The number of para-hydroxylation sites is 1. The molecule has 3 N–H and O–H groups in total. The molecule has 11 nitrogen and oxygen atoms in total.